The summed E-state index contributed by atoms with van der Waals surface area (Å²) in [4.78, 5) is 12.1. The van der Waals surface area contributed by atoms with Crippen LogP contribution in [0.1, 0.15) is 10.4 Å². The van der Waals surface area contributed by atoms with Gasteiger partial charge in [0.2, 0.25) is 0 Å². The highest BCUT2D eigenvalue weighted by atomic mass is 31.0. The maximum absolute atomic E-state index is 13.8. The fourth-order valence-electron chi connectivity index (χ4n) is 1.93. The first-order valence-electron chi connectivity index (χ1n) is 6.52. The lowest BCUT2D eigenvalue weighted by molar-refractivity contribution is 0.0956. The average Bonchev–Trinajstić information content (AvgIpc) is 2.52. The minimum Gasteiger partial charge on any atom is -0.493 e. The molecule has 0 bridgehead atoms. The van der Waals surface area contributed by atoms with Gasteiger partial charge in [-0.25, -0.2) is 4.39 Å². The lowest BCUT2D eigenvalue weighted by Gasteiger charge is -2.12. The number of nitrogens with two attached hydrogens (primary N) is 1. The Kier molecular flexibility index (Phi) is 5.17. The molecular weight excluding hydrogens is 304 g/mol. The molecule has 1 amide bonds. The van der Waals surface area contributed by atoms with Crippen molar-refractivity contribution in [3.8, 4) is 5.75 Å². The van der Waals surface area contributed by atoms with Crippen molar-refractivity contribution in [2.24, 2.45) is 5.73 Å². The van der Waals surface area contributed by atoms with Gasteiger partial charge >= 0.3 is 0 Å². The van der Waals surface area contributed by atoms with Crippen LogP contribution >= 0.6 is 9.24 Å². The van der Waals surface area contributed by atoms with Gasteiger partial charge in [-0.3, -0.25) is 4.79 Å². The Bertz CT molecular complexity index is 660. The molecule has 0 aromatic heterocycles. The molecule has 0 saturated carbocycles. The molecule has 1 heterocycles. The smallest absolute Gasteiger partial charge is 0.251 e. The largest absolute Gasteiger partial charge is 0.493 e. The SMILES string of the molecule is COc1c(F)cc(C(=O)NC/C(N)=C2\C=CC=CN2)cc1P. The van der Waals surface area contributed by atoms with E-state index in [1.165, 1.54) is 13.2 Å². The predicted molar refractivity (Wildman–Crippen MR) is 87.3 cm³/mol. The molecule has 7 heteroatoms. The molecule has 0 spiro atoms. The maximum atomic E-state index is 13.8. The summed E-state index contributed by atoms with van der Waals surface area (Å²) in [5.41, 5.74) is 7.30. The van der Waals surface area contributed by atoms with Gasteiger partial charge in [-0.05, 0) is 24.3 Å². The number of methoxy groups -OCH3 is 1. The topological polar surface area (TPSA) is 76.4 Å². The van der Waals surface area contributed by atoms with Crippen LogP contribution in [0.3, 0.4) is 0 Å². The average molecular weight is 321 g/mol. The van der Waals surface area contributed by atoms with E-state index in [1.807, 2.05) is 12.2 Å². The number of benzene rings is 1. The standard InChI is InChI=1S/C15H17FN3O2P/c1-21-14-10(16)6-9(7-13(14)22)15(20)19-8-11(17)12-4-2-3-5-18-12/h2-7,18H,8,17,22H2,1H3,(H,19,20)/b12-11-. The molecule has 1 atom stereocenters. The highest BCUT2D eigenvalue weighted by molar-refractivity contribution is 7.27. The van der Waals surface area contributed by atoms with Crippen LogP contribution in [-0.2, 0) is 0 Å². The number of hydrogen-bond acceptors (Lipinski definition) is 4. The van der Waals surface area contributed by atoms with Gasteiger partial charge in [0, 0.05) is 17.1 Å². The van der Waals surface area contributed by atoms with E-state index in [1.54, 1.807) is 12.3 Å². The number of nitrogens with one attached hydrogen (secondary N) is 2. The second kappa shape index (κ2) is 7.09. The molecule has 4 N–H and O–H groups in total. The van der Waals surface area contributed by atoms with Crippen LogP contribution in [0.2, 0.25) is 0 Å². The van der Waals surface area contributed by atoms with Gasteiger partial charge in [0.05, 0.1) is 25.0 Å². The Morgan fingerprint density at radius 1 is 1.45 bits per heavy atom. The molecule has 22 heavy (non-hydrogen) atoms. The van der Waals surface area contributed by atoms with Crippen LogP contribution in [0.25, 0.3) is 0 Å². The van der Waals surface area contributed by atoms with Crippen LogP contribution < -0.4 is 26.4 Å². The number of carbonyl (C=O) groups is 1. The molecule has 116 valence electrons. The maximum Gasteiger partial charge on any atom is 0.251 e. The van der Waals surface area contributed by atoms with E-state index >= 15 is 0 Å². The predicted octanol–water partition coefficient (Wildman–Crippen LogP) is 0.908. The molecule has 1 aliphatic rings. The molecule has 1 unspecified atom stereocenters. The summed E-state index contributed by atoms with van der Waals surface area (Å²) in [6.45, 7) is 0.152. The highest BCUT2D eigenvalue weighted by Gasteiger charge is 2.13. The second-order valence-corrected chi connectivity index (χ2v) is 5.19. The van der Waals surface area contributed by atoms with Gasteiger partial charge in [0.25, 0.3) is 5.91 Å². The number of carbonyl (C=O) groups excluding carboxylic acids is 1. The van der Waals surface area contributed by atoms with Crippen molar-refractivity contribution in [2.45, 2.75) is 0 Å². The van der Waals surface area contributed by atoms with Crippen molar-refractivity contribution in [3.63, 3.8) is 0 Å². The van der Waals surface area contributed by atoms with Crippen LogP contribution in [0.4, 0.5) is 4.39 Å². The van der Waals surface area contributed by atoms with Crippen LogP contribution in [0.15, 0.2) is 48.0 Å². The first-order chi connectivity index (χ1) is 10.5. The van der Waals surface area contributed by atoms with E-state index in [-0.39, 0.29) is 17.9 Å². The fraction of sp³-hybridized carbons (Fsp3) is 0.133. The van der Waals surface area contributed by atoms with Crippen molar-refractivity contribution in [2.75, 3.05) is 13.7 Å². The Hall–Kier alpha value is -2.33. The summed E-state index contributed by atoms with van der Waals surface area (Å²) < 4.78 is 18.7. The summed E-state index contributed by atoms with van der Waals surface area (Å²) in [5, 5.41) is 6.10. The van der Waals surface area contributed by atoms with Crippen molar-refractivity contribution >= 4 is 20.5 Å². The van der Waals surface area contributed by atoms with Gasteiger partial charge in [0.15, 0.2) is 11.6 Å². The van der Waals surface area contributed by atoms with E-state index < -0.39 is 11.7 Å². The zero-order chi connectivity index (χ0) is 16.1. The molecule has 1 aromatic rings. The van der Waals surface area contributed by atoms with E-state index in [2.05, 4.69) is 19.9 Å². The number of ether oxygens (including phenoxy) is 1. The zero-order valence-corrected chi connectivity index (χ0v) is 13.2. The molecular formula is C15H17FN3O2P. The number of dihydropyridines is 1. The molecule has 0 saturated heterocycles. The van der Waals surface area contributed by atoms with Crippen molar-refractivity contribution in [3.05, 3.63) is 59.3 Å². The minimum atomic E-state index is -0.589. The summed E-state index contributed by atoms with van der Waals surface area (Å²) in [5.74, 6) is -0.899. The Labute approximate surface area is 130 Å². The van der Waals surface area contributed by atoms with Gasteiger partial charge in [-0.2, -0.15) is 0 Å². The Morgan fingerprint density at radius 3 is 2.82 bits per heavy atom. The third-order valence-electron chi connectivity index (χ3n) is 3.03. The van der Waals surface area contributed by atoms with Gasteiger partial charge in [0.1, 0.15) is 0 Å². The zero-order valence-electron chi connectivity index (χ0n) is 12.0. The third-order valence-corrected chi connectivity index (χ3v) is 3.46. The molecule has 1 aromatic carbocycles. The molecule has 0 aliphatic carbocycles. The summed E-state index contributed by atoms with van der Waals surface area (Å²) >= 11 is 0. The van der Waals surface area contributed by atoms with E-state index in [9.17, 15) is 9.18 Å². The number of amides is 1. The number of hydrogen-bond donors (Lipinski definition) is 3. The molecule has 0 fully saturated rings. The van der Waals surface area contributed by atoms with Gasteiger partial charge in [-0.1, -0.05) is 6.08 Å². The molecule has 0 radical (unpaired) electrons. The van der Waals surface area contributed by atoms with E-state index in [4.69, 9.17) is 10.5 Å². The van der Waals surface area contributed by atoms with Crippen molar-refractivity contribution < 1.29 is 13.9 Å². The first kappa shape index (κ1) is 16.0. The molecule has 1 aliphatic heterocycles. The molecule has 5 nitrogen and oxygen atoms in total. The summed E-state index contributed by atoms with van der Waals surface area (Å²) in [6, 6.07) is 2.67. The van der Waals surface area contributed by atoms with Crippen LogP contribution in [0, 0.1) is 5.82 Å². The summed E-state index contributed by atoms with van der Waals surface area (Å²) in [7, 11) is 3.71. The number of halogens is 1. The monoisotopic (exact) mass is 321 g/mol. The first-order valence-corrected chi connectivity index (χ1v) is 7.10. The fourth-order valence-corrected chi connectivity index (χ4v) is 2.36. The van der Waals surface area contributed by atoms with Gasteiger partial charge in [-0.15, -0.1) is 9.24 Å². The lowest BCUT2D eigenvalue weighted by Crippen LogP contribution is -2.30. The minimum absolute atomic E-state index is 0.103. The Balaban J connectivity index is 2.07. The Morgan fingerprint density at radius 2 is 2.23 bits per heavy atom. The second-order valence-electron chi connectivity index (χ2n) is 4.56. The van der Waals surface area contributed by atoms with E-state index in [0.29, 0.717) is 11.0 Å². The molecule has 2 rings (SSSR count). The normalized spacial score (nSPS) is 15.2. The van der Waals surface area contributed by atoms with Gasteiger partial charge < -0.3 is 21.1 Å². The van der Waals surface area contributed by atoms with E-state index in [0.717, 1.165) is 11.8 Å². The number of rotatable bonds is 4. The number of allylic oxidation sites excluding steroid dienone is 3. The van der Waals surface area contributed by atoms with Crippen LogP contribution in [0.5, 0.6) is 5.75 Å². The quantitative estimate of drug-likeness (QED) is 0.721. The third kappa shape index (κ3) is 3.65. The summed E-state index contributed by atoms with van der Waals surface area (Å²) in [6.07, 6.45) is 7.20. The van der Waals surface area contributed by atoms with Crippen molar-refractivity contribution in [1.82, 2.24) is 10.6 Å². The highest BCUT2D eigenvalue weighted by Crippen LogP contribution is 2.18. The van der Waals surface area contributed by atoms with Crippen LogP contribution in [-0.4, -0.2) is 19.6 Å². The van der Waals surface area contributed by atoms with Crippen molar-refractivity contribution in [1.29, 1.82) is 0 Å². The lowest BCUT2D eigenvalue weighted by atomic mass is 10.2.